The molecule has 4 aromatic rings. The van der Waals surface area contributed by atoms with Crippen LogP contribution in [0.2, 0.25) is 0 Å². The van der Waals surface area contributed by atoms with Crippen molar-refractivity contribution in [3.63, 3.8) is 0 Å². The molecule has 0 radical (unpaired) electrons. The van der Waals surface area contributed by atoms with Gasteiger partial charge in [-0.15, -0.1) is 0 Å². The number of aromatic amines is 1. The van der Waals surface area contributed by atoms with Gasteiger partial charge in [0, 0.05) is 42.6 Å². The smallest absolute Gasteiger partial charge is 0.253 e. The molecule has 5 rings (SSSR count). The Morgan fingerprint density at radius 3 is 2.53 bits per heavy atom. The lowest BCUT2D eigenvalue weighted by molar-refractivity contribution is 0.0746. The lowest BCUT2D eigenvalue weighted by Crippen LogP contribution is -2.49. The number of hydrogen-bond donors (Lipinski definition) is 1. The Hall–Kier alpha value is -3.61. The van der Waals surface area contributed by atoms with E-state index < -0.39 is 0 Å². The molecule has 0 bridgehead atoms. The number of H-pyrrole nitrogens is 1. The summed E-state index contributed by atoms with van der Waals surface area (Å²) >= 11 is 0. The number of amides is 1. The van der Waals surface area contributed by atoms with E-state index in [0.29, 0.717) is 13.1 Å². The van der Waals surface area contributed by atoms with Gasteiger partial charge in [0.05, 0.1) is 7.11 Å². The van der Waals surface area contributed by atoms with Crippen LogP contribution in [-0.2, 0) is 0 Å². The van der Waals surface area contributed by atoms with Crippen molar-refractivity contribution in [1.29, 1.82) is 0 Å². The number of benzene rings is 2. The Morgan fingerprint density at radius 2 is 1.80 bits per heavy atom. The fraction of sp³-hybridized carbons (Fsp3) is 0.261. The molecule has 1 amide bonds. The Balaban J connectivity index is 1.39. The van der Waals surface area contributed by atoms with Gasteiger partial charge in [0.25, 0.3) is 5.91 Å². The number of nitrogens with one attached hydrogen (secondary N) is 1. The number of carbonyl (C=O) groups is 1. The number of carbonyl (C=O) groups excluding carboxylic acids is 1. The van der Waals surface area contributed by atoms with Crippen LogP contribution in [0.5, 0.6) is 5.75 Å². The second-order valence-corrected chi connectivity index (χ2v) is 7.60. The number of fused-ring (bicyclic) bond motifs is 3. The molecule has 30 heavy (non-hydrogen) atoms. The first-order valence-corrected chi connectivity index (χ1v) is 10.1. The minimum Gasteiger partial charge on any atom is -0.497 e. The first-order chi connectivity index (χ1) is 14.6. The number of piperazine rings is 1. The molecule has 3 heterocycles. The molecule has 152 valence electrons. The second-order valence-electron chi connectivity index (χ2n) is 7.60. The molecule has 2 aromatic carbocycles. The highest BCUT2D eigenvalue weighted by molar-refractivity contribution is 6.08. The number of methoxy groups -OCH3 is 1. The lowest BCUT2D eigenvalue weighted by atomic mass is 10.1. The number of anilines is 1. The SMILES string of the molecule is COc1ccc2[nH]c3c(N4CCN(C(=O)c5ccc(C)cc5)CC4)ncnc3c2c1. The number of hydrogen-bond acceptors (Lipinski definition) is 5. The molecule has 0 spiro atoms. The summed E-state index contributed by atoms with van der Waals surface area (Å²) in [6.07, 6.45) is 1.61. The largest absolute Gasteiger partial charge is 0.497 e. The van der Waals surface area contributed by atoms with Crippen molar-refractivity contribution in [1.82, 2.24) is 19.9 Å². The summed E-state index contributed by atoms with van der Waals surface area (Å²) in [5, 5.41) is 1.01. The predicted molar refractivity (Wildman–Crippen MR) is 117 cm³/mol. The Morgan fingerprint density at radius 1 is 1.03 bits per heavy atom. The summed E-state index contributed by atoms with van der Waals surface area (Å²) in [5.41, 5.74) is 4.69. The summed E-state index contributed by atoms with van der Waals surface area (Å²) in [7, 11) is 1.66. The topological polar surface area (TPSA) is 74.3 Å². The monoisotopic (exact) mass is 401 g/mol. The minimum absolute atomic E-state index is 0.0835. The fourth-order valence-corrected chi connectivity index (χ4v) is 4.03. The highest BCUT2D eigenvalue weighted by Gasteiger charge is 2.25. The maximum atomic E-state index is 12.8. The van der Waals surface area contributed by atoms with E-state index >= 15 is 0 Å². The molecule has 0 saturated carbocycles. The van der Waals surface area contributed by atoms with Gasteiger partial charge in [0.1, 0.15) is 23.1 Å². The summed E-state index contributed by atoms with van der Waals surface area (Å²) in [6, 6.07) is 13.7. The quantitative estimate of drug-likeness (QED) is 0.570. The van der Waals surface area contributed by atoms with Crippen LogP contribution in [0.1, 0.15) is 15.9 Å². The van der Waals surface area contributed by atoms with Crippen LogP contribution < -0.4 is 9.64 Å². The number of nitrogens with zero attached hydrogens (tertiary/aromatic N) is 4. The second kappa shape index (κ2) is 7.33. The van der Waals surface area contributed by atoms with Crippen LogP contribution in [0.25, 0.3) is 21.9 Å². The number of aryl methyl sites for hydroxylation is 1. The van der Waals surface area contributed by atoms with Gasteiger partial charge in [-0.2, -0.15) is 0 Å². The summed E-state index contributed by atoms with van der Waals surface area (Å²) in [5.74, 6) is 1.75. The predicted octanol–water partition coefficient (Wildman–Crippen LogP) is 3.39. The zero-order valence-corrected chi connectivity index (χ0v) is 17.1. The lowest BCUT2D eigenvalue weighted by Gasteiger charge is -2.35. The summed E-state index contributed by atoms with van der Waals surface area (Å²) < 4.78 is 5.36. The van der Waals surface area contributed by atoms with Crippen molar-refractivity contribution < 1.29 is 9.53 Å². The molecular formula is C23H23N5O2. The third-order valence-corrected chi connectivity index (χ3v) is 5.73. The minimum atomic E-state index is 0.0835. The number of ether oxygens (including phenoxy) is 1. The highest BCUT2D eigenvalue weighted by Crippen LogP contribution is 2.31. The molecule has 1 aliphatic heterocycles. The van der Waals surface area contributed by atoms with Crippen molar-refractivity contribution in [3.8, 4) is 5.75 Å². The average Bonchev–Trinajstić information content (AvgIpc) is 3.17. The molecule has 7 heteroatoms. The first kappa shape index (κ1) is 18.4. The van der Waals surface area contributed by atoms with Gasteiger partial charge >= 0.3 is 0 Å². The van der Waals surface area contributed by atoms with Crippen LogP contribution in [-0.4, -0.2) is 59.0 Å². The van der Waals surface area contributed by atoms with Crippen LogP contribution >= 0.6 is 0 Å². The van der Waals surface area contributed by atoms with Gasteiger partial charge in [0.2, 0.25) is 0 Å². The Labute approximate surface area is 174 Å². The zero-order chi connectivity index (χ0) is 20.7. The van der Waals surface area contributed by atoms with E-state index in [2.05, 4.69) is 19.9 Å². The van der Waals surface area contributed by atoms with Crippen molar-refractivity contribution in [2.45, 2.75) is 6.92 Å². The average molecular weight is 401 g/mol. The highest BCUT2D eigenvalue weighted by atomic mass is 16.5. The van der Waals surface area contributed by atoms with Crippen molar-refractivity contribution in [2.75, 3.05) is 38.2 Å². The maximum Gasteiger partial charge on any atom is 0.253 e. The van der Waals surface area contributed by atoms with Gasteiger partial charge in [-0.3, -0.25) is 4.79 Å². The van der Waals surface area contributed by atoms with Crippen molar-refractivity contribution in [2.24, 2.45) is 0 Å². The molecule has 1 saturated heterocycles. The number of rotatable bonds is 3. The van der Waals surface area contributed by atoms with E-state index in [0.717, 1.165) is 57.7 Å². The maximum absolute atomic E-state index is 12.8. The molecule has 1 N–H and O–H groups in total. The summed E-state index contributed by atoms with van der Waals surface area (Å²) in [4.78, 5) is 29.5. The van der Waals surface area contributed by atoms with E-state index in [9.17, 15) is 4.79 Å². The molecule has 2 aromatic heterocycles. The Kier molecular flexibility index (Phi) is 4.50. The van der Waals surface area contributed by atoms with E-state index in [4.69, 9.17) is 4.74 Å². The van der Waals surface area contributed by atoms with E-state index in [1.165, 1.54) is 0 Å². The third-order valence-electron chi connectivity index (χ3n) is 5.73. The van der Waals surface area contributed by atoms with Gasteiger partial charge in [0.15, 0.2) is 5.82 Å². The summed E-state index contributed by atoms with van der Waals surface area (Å²) in [6.45, 7) is 4.79. The van der Waals surface area contributed by atoms with Gasteiger partial charge < -0.3 is 19.5 Å². The first-order valence-electron chi connectivity index (χ1n) is 10.1. The van der Waals surface area contributed by atoms with Crippen LogP contribution in [0, 0.1) is 6.92 Å². The van der Waals surface area contributed by atoms with E-state index in [1.54, 1.807) is 13.4 Å². The van der Waals surface area contributed by atoms with E-state index in [-0.39, 0.29) is 5.91 Å². The van der Waals surface area contributed by atoms with Crippen LogP contribution in [0.3, 0.4) is 0 Å². The standard InChI is InChI=1S/C23H23N5O2/c1-15-3-5-16(6-4-15)23(29)28-11-9-27(10-12-28)22-21-20(24-14-25-22)18-13-17(30-2)7-8-19(18)26-21/h3-8,13-14,26H,9-12H2,1-2H3. The van der Waals surface area contributed by atoms with E-state index in [1.807, 2.05) is 54.3 Å². The van der Waals surface area contributed by atoms with Gasteiger partial charge in [-0.25, -0.2) is 9.97 Å². The van der Waals surface area contributed by atoms with Crippen LogP contribution in [0.4, 0.5) is 5.82 Å². The molecule has 0 atom stereocenters. The molecular weight excluding hydrogens is 378 g/mol. The van der Waals surface area contributed by atoms with Crippen molar-refractivity contribution in [3.05, 3.63) is 59.9 Å². The van der Waals surface area contributed by atoms with Crippen molar-refractivity contribution >= 4 is 33.7 Å². The molecule has 0 unspecified atom stereocenters. The van der Waals surface area contributed by atoms with Gasteiger partial charge in [-0.1, -0.05) is 17.7 Å². The van der Waals surface area contributed by atoms with Gasteiger partial charge in [-0.05, 0) is 37.3 Å². The zero-order valence-electron chi connectivity index (χ0n) is 17.1. The molecule has 1 fully saturated rings. The normalized spacial score (nSPS) is 14.5. The molecule has 1 aliphatic rings. The fourth-order valence-electron chi connectivity index (χ4n) is 4.03. The number of aromatic nitrogens is 3. The Bertz CT molecular complexity index is 1220. The molecule has 7 nitrogen and oxygen atoms in total. The molecule has 0 aliphatic carbocycles. The van der Waals surface area contributed by atoms with Crippen LogP contribution in [0.15, 0.2) is 48.8 Å². The third kappa shape index (κ3) is 3.12.